The third-order valence-electron chi connectivity index (χ3n) is 2.11. The molecular weight excluding hydrogens is 182 g/mol. The smallest absolute Gasteiger partial charge is 0.0661 e. The van der Waals surface area contributed by atoms with Crippen molar-refractivity contribution in [1.82, 2.24) is 5.32 Å². The molecule has 1 rings (SSSR count). The molecule has 13 heavy (non-hydrogen) atoms. The van der Waals surface area contributed by atoms with Crippen LogP contribution in [0, 0.1) is 6.92 Å². The monoisotopic (exact) mass is 199 g/mol. The Bertz CT molecular complexity index is 247. The number of rotatable bonds is 5. The Morgan fingerprint density at radius 1 is 1.54 bits per heavy atom. The van der Waals surface area contributed by atoms with Gasteiger partial charge in [-0.15, -0.1) is 0 Å². The van der Waals surface area contributed by atoms with E-state index >= 15 is 0 Å². The van der Waals surface area contributed by atoms with Crippen LogP contribution in [-0.2, 0) is 4.74 Å². The number of nitrogens with one attached hydrogen (secondary N) is 1. The van der Waals surface area contributed by atoms with E-state index in [-0.39, 0.29) is 0 Å². The summed E-state index contributed by atoms with van der Waals surface area (Å²) in [6.07, 6.45) is 0. The quantitative estimate of drug-likeness (QED) is 0.786. The Balaban J connectivity index is 2.61. The molecule has 0 aliphatic heterocycles. The number of hydrogen-bond donors (Lipinski definition) is 1. The molecule has 0 saturated heterocycles. The molecule has 3 heteroatoms. The molecule has 0 aliphatic carbocycles. The van der Waals surface area contributed by atoms with Crippen LogP contribution in [0.25, 0.3) is 0 Å². The largest absolute Gasteiger partial charge is 0.380 e. The van der Waals surface area contributed by atoms with E-state index in [1.54, 1.807) is 11.3 Å². The summed E-state index contributed by atoms with van der Waals surface area (Å²) in [4.78, 5) is 0. The average molecular weight is 199 g/mol. The van der Waals surface area contributed by atoms with Crippen LogP contribution in [0.3, 0.4) is 0 Å². The van der Waals surface area contributed by atoms with E-state index in [9.17, 15) is 0 Å². The standard InChI is InChI=1S/C10H17NOS/c1-4-12-5-10(11-3)9-7-13-6-8(9)2/h6-7,10-11H,4-5H2,1-3H3. The lowest BCUT2D eigenvalue weighted by atomic mass is 10.1. The van der Waals surface area contributed by atoms with Crippen molar-refractivity contribution >= 4 is 11.3 Å². The summed E-state index contributed by atoms with van der Waals surface area (Å²) >= 11 is 1.75. The molecule has 0 aliphatic rings. The van der Waals surface area contributed by atoms with E-state index in [0.29, 0.717) is 6.04 Å². The maximum Gasteiger partial charge on any atom is 0.0661 e. The lowest BCUT2D eigenvalue weighted by molar-refractivity contribution is 0.125. The van der Waals surface area contributed by atoms with Gasteiger partial charge in [0.25, 0.3) is 0 Å². The fourth-order valence-corrected chi connectivity index (χ4v) is 2.20. The fourth-order valence-electron chi connectivity index (χ4n) is 1.29. The SMILES string of the molecule is CCOCC(NC)c1cscc1C. The van der Waals surface area contributed by atoms with Gasteiger partial charge in [0.15, 0.2) is 0 Å². The van der Waals surface area contributed by atoms with Gasteiger partial charge in [-0.25, -0.2) is 0 Å². The lowest BCUT2D eigenvalue weighted by Gasteiger charge is -2.15. The Kier molecular flexibility index (Phi) is 4.42. The minimum absolute atomic E-state index is 0.339. The zero-order valence-electron chi connectivity index (χ0n) is 8.46. The Hall–Kier alpha value is -0.380. The first kappa shape index (κ1) is 10.7. The zero-order valence-corrected chi connectivity index (χ0v) is 9.28. The zero-order chi connectivity index (χ0) is 9.68. The molecule has 2 nitrogen and oxygen atoms in total. The molecule has 0 bridgehead atoms. The maximum absolute atomic E-state index is 5.41. The van der Waals surface area contributed by atoms with Crippen molar-refractivity contribution < 1.29 is 4.74 Å². The summed E-state index contributed by atoms with van der Waals surface area (Å²) in [6, 6.07) is 0.339. The molecule has 1 heterocycles. The number of ether oxygens (including phenoxy) is 1. The van der Waals surface area contributed by atoms with Gasteiger partial charge in [-0.1, -0.05) is 0 Å². The second-order valence-electron chi connectivity index (χ2n) is 3.01. The van der Waals surface area contributed by atoms with E-state index in [0.717, 1.165) is 13.2 Å². The van der Waals surface area contributed by atoms with Crippen LogP contribution in [0.2, 0.25) is 0 Å². The fraction of sp³-hybridized carbons (Fsp3) is 0.600. The molecule has 1 unspecified atom stereocenters. The van der Waals surface area contributed by atoms with Crippen molar-refractivity contribution in [3.05, 3.63) is 21.9 Å². The summed E-state index contributed by atoms with van der Waals surface area (Å²) < 4.78 is 5.41. The summed E-state index contributed by atoms with van der Waals surface area (Å²) in [5.41, 5.74) is 2.71. The maximum atomic E-state index is 5.41. The molecule has 0 radical (unpaired) electrons. The highest BCUT2D eigenvalue weighted by molar-refractivity contribution is 7.08. The number of likely N-dealkylation sites (N-methyl/N-ethyl adjacent to an activating group) is 1. The first-order chi connectivity index (χ1) is 6.29. The molecule has 1 atom stereocenters. The van der Waals surface area contributed by atoms with Crippen molar-refractivity contribution in [3.8, 4) is 0 Å². The van der Waals surface area contributed by atoms with Gasteiger partial charge < -0.3 is 10.1 Å². The molecule has 1 aromatic rings. The van der Waals surface area contributed by atoms with E-state index < -0.39 is 0 Å². The van der Waals surface area contributed by atoms with Crippen LogP contribution in [-0.4, -0.2) is 20.3 Å². The Labute approximate surface area is 83.9 Å². The highest BCUT2D eigenvalue weighted by Crippen LogP contribution is 2.21. The van der Waals surface area contributed by atoms with Gasteiger partial charge in [0.2, 0.25) is 0 Å². The van der Waals surface area contributed by atoms with Gasteiger partial charge >= 0.3 is 0 Å². The first-order valence-corrected chi connectivity index (χ1v) is 5.51. The minimum atomic E-state index is 0.339. The molecule has 1 N–H and O–H groups in total. The molecular formula is C10H17NOS. The highest BCUT2D eigenvalue weighted by Gasteiger charge is 2.11. The number of hydrogen-bond acceptors (Lipinski definition) is 3. The van der Waals surface area contributed by atoms with E-state index in [1.165, 1.54) is 11.1 Å². The normalized spacial score (nSPS) is 13.2. The topological polar surface area (TPSA) is 21.3 Å². The van der Waals surface area contributed by atoms with Crippen molar-refractivity contribution in [3.63, 3.8) is 0 Å². The summed E-state index contributed by atoms with van der Waals surface area (Å²) in [5.74, 6) is 0. The van der Waals surface area contributed by atoms with Crippen LogP contribution < -0.4 is 5.32 Å². The van der Waals surface area contributed by atoms with Crippen LogP contribution >= 0.6 is 11.3 Å². The van der Waals surface area contributed by atoms with Crippen molar-refractivity contribution in [1.29, 1.82) is 0 Å². The van der Waals surface area contributed by atoms with Gasteiger partial charge in [-0.05, 0) is 42.8 Å². The molecule has 0 spiro atoms. The van der Waals surface area contributed by atoms with Gasteiger partial charge in [0, 0.05) is 6.61 Å². The van der Waals surface area contributed by atoms with Crippen LogP contribution in [0.1, 0.15) is 24.1 Å². The molecule has 0 fully saturated rings. The Morgan fingerprint density at radius 3 is 2.77 bits per heavy atom. The van der Waals surface area contributed by atoms with Crippen molar-refractivity contribution in [2.75, 3.05) is 20.3 Å². The summed E-state index contributed by atoms with van der Waals surface area (Å²) in [7, 11) is 1.97. The lowest BCUT2D eigenvalue weighted by Crippen LogP contribution is -2.21. The van der Waals surface area contributed by atoms with Gasteiger partial charge in [0.05, 0.1) is 12.6 Å². The summed E-state index contributed by atoms with van der Waals surface area (Å²) in [5, 5.41) is 7.62. The van der Waals surface area contributed by atoms with E-state index in [4.69, 9.17) is 4.74 Å². The van der Waals surface area contributed by atoms with Crippen molar-refractivity contribution in [2.24, 2.45) is 0 Å². The molecule has 0 saturated carbocycles. The molecule has 74 valence electrons. The number of aryl methyl sites for hydroxylation is 1. The van der Waals surface area contributed by atoms with Crippen LogP contribution in [0.5, 0.6) is 0 Å². The van der Waals surface area contributed by atoms with Crippen LogP contribution in [0.15, 0.2) is 10.8 Å². The predicted octanol–water partition coefficient (Wildman–Crippen LogP) is 2.35. The van der Waals surface area contributed by atoms with E-state index in [1.807, 2.05) is 14.0 Å². The Morgan fingerprint density at radius 2 is 2.31 bits per heavy atom. The van der Waals surface area contributed by atoms with E-state index in [2.05, 4.69) is 23.0 Å². The first-order valence-electron chi connectivity index (χ1n) is 4.57. The molecule has 0 amide bonds. The predicted molar refractivity (Wildman–Crippen MR) is 57.3 cm³/mol. The van der Waals surface area contributed by atoms with Gasteiger partial charge in [-0.3, -0.25) is 0 Å². The number of thiophene rings is 1. The third-order valence-corrected chi connectivity index (χ3v) is 2.99. The second kappa shape index (κ2) is 5.37. The minimum Gasteiger partial charge on any atom is -0.380 e. The van der Waals surface area contributed by atoms with Gasteiger partial charge in [-0.2, -0.15) is 11.3 Å². The van der Waals surface area contributed by atoms with Crippen molar-refractivity contribution in [2.45, 2.75) is 19.9 Å². The third kappa shape index (κ3) is 2.79. The summed E-state index contributed by atoms with van der Waals surface area (Å²) in [6.45, 7) is 5.70. The molecule has 0 aromatic carbocycles. The van der Waals surface area contributed by atoms with Gasteiger partial charge in [0.1, 0.15) is 0 Å². The molecule has 1 aromatic heterocycles. The highest BCUT2D eigenvalue weighted by atomic mass is 32.1. The average Bonchev–Trinajstić information content (AvgIpc) is 2.54. The second-order valence-corrected chi connectivity index (χ2v) is 3.75. The van der Waals surface area contributed by atoms with Crippen LogP contribution in [0.4, 0.5) is 0 Å².